The summed E-state index contributed by atoms with van der Waals surface area (Å²) < 4.78 is 0.133. The number of thioether (sulfide) groups is 1. The fraction of sp³-hybridized carbons (Fsp3) is 0.714. The van der Waals surface area contributed by atoms with Crippen LogP contribution >= 0.6 is 56.9 Å². The third-order valence-electron chi connectivity index (χ3n) is 4.96. The number of rotatable bonds is 4. The van der Waals surface area contributed by atoms with Crippen LogP contribution in [0.1, 0.15) is 96.8 Å². The SMILES string of the molecule is CCCCCC1c2c(cc(C(C)(C)C)c(O)c2C(C)(C)C)SC1(I)I. The van der Waals surface area contributed by atoms with E-state index in [4.69, 9.17) is 0 Å². The van der Waals surface area contributed by atoms with Crippen molar-refractivity contribution >= 4 is 56.9 Å². The van der Waals surface area contributed by atoms with E-state index < -0.39 is 0 Å². The third-order valence-corrected chi connectivity index (χ3v) is 8.90. The van der Waals surface area contributed by atoms with Crippen molar-refractivity contribution in [2.45, 2.75) is 96.6 Å². The number of phenolic OH excluding ortho intramolecular Hbond substituents is 1. The molecule has 142 valence electrons. The maximum atomic E-state index is 11.3. The molecule has 0 spiro atoms. The molecule has 0 fully saturated rings. The van der Waals surface area contributed by atoms with Gasteiger partial charge in [-0.1, -0.05) is 125 Å². The summed E-state index contributed by atoms with van der Waals surface area (Å²) in [6.07, 6.45) is 5.01. The van der Waals surface area contributed by atoms with Crippen molar-refractivity contribution in [3.63, 3.8) is 0 Å². The molecule has 1 atom stereocenters. The van der Waals surface area contributed by atoms with Crippen molar-refractivity contribution < 1.29 is 5.11 Å². The van der Waals surface area contributed by atoms with Crippen LogP contribution in [0.3, 0.4) is 0 Å². The lowest BCUT2D eigenvalue weighted by atomic mass is 9.74. The molecule has 1 nitrogen and oxygen atoms in total. The fourth-order valence-corrected chi connectivity index (χ4v) is 7.59. The number of unbranched alkanes of at least 4 members (excludes halogenated alkanes) is 2. The van der Waals surface area contributed by atoms with Gasteiger partial charge in [-0.3, -0.25) is 0 Å². The normalized spacial score (nSPS) is 20.0. The molecule has 1 N–H and O–H groups in total. The maximum Gasteiger partial charge on any atom is 0.129 e. The molecule has 2 rings (SSSR count). The van der Waals surface area contributed by atoms with Gasteiger partial charge in [0.2, 0.25) is 0 Å². The smallest absolute Gasteiger partial charge is 0.129 e. The fourth-order valence-electron chi connectivity index (χ4n) is 3.72. The first kappa shape index (κ1) is 22.1. The van der Waals surface area contributed by atoms with Gasteiger partial charge in [0.05, 0.1) is 0 Å². The molecule has 0 saturated heterocycles. The lowest BCUT2D eigenvalue weighted by molar-refractivity contribution is 0.417. The molecule has 0 bridgehead atoms. The number of aromatic hydroxyl groups is 1. The number of benzene rings is 1. The Hall–Kier alpha value is 0.830. The molecule has 0 saturated carbocycles. The van der Waals surface area contributed by atoms with Gasteiger partial charge in [-0.15, -0.1) is 0 Å². The average molecular weight is 586 g/mol. The van der Waals surface area contributed by atoms with Crippen LogP contribution in [0, 0.1) is 0 Å². The Morgan fingerprint density at radius 3 is 2.16 bits per heavy atom. The van der Waals surface area contributed by atoms with E-state index in [9.17, 15) is 5.11 Å². The standard InChI is InChI=1S/C21H32I2OS/c1-8-9-10-11-13-16-15(25-21(13,22)23)12-14(19(2,3)4)18(24)17(16)20(5,6)7/h12-13,24H,8-11H2,1-7H3. The van der Waals surface area contributed by atoms with Crippen molar-refractivity contribution in [2.75, 3.05) is 0 Å². The Kier molecular flexibility index (Phi) is 6.80. The molecule has 1 aromatic rings. The number of fused-ring (bicyclic) bond motifs is 1. The van der Waals surface area contributed by atoms with Crippen LogP contribution in [0.5, 0.6) is 5.75 Å². The Morgan fingerprint density at radius 1 is 1.08 bits per heavy atom. The lowest BCUT2D eigenvalue weighted by Gasteiger charge is -2.32. The van der Waals surface area contributed by atoms with Crippen molar-refractivity contribution in [3.05, 3.63) is 22.8 Å². The topological polar surface area (TPSA) is 20.2 Å². The highest BCUT2D eigenvalue weighted by Crippen LogP contribution is 2.65. The minimum Gasteiger partial charge on any atom is -0.507 e. The Morgan fingerprint density at radius 2 is 1.68 bits per heavy atom. The number of halogens is 2. The van der Waals surface area contributed by atoms with Crippen LogP contribution in [0.4, 0.5) is 0 Å². The molecular weight excluding hydrogens is 554 g/mol. The average Bonchev–Trinajstić information content (AvgIpc) is 2.66. The van der Waals surface area contributed by atoms with E-state index in [0.717, 1.165) is 5.56 Å². The minimum atomic E-state index is -0.0628. The van der Waals surface area contributed by atoms with E-state index in [-0.39, 0.29) is 11.6 Å². The van der Waals surface area contributed by atoms with Crippen LogP contribution in [0.15, 0.2) is 11.0 Å². The van der Waals surface area contributed by atoms with Crippen molar-refractivity contribution in [2.24, 2.45) is 0 Å². The summed E-state index contributed by atoms with van der Waals surface area (Å²) in [5.74, 6) is 1.03. The summed E-state index contributed by atoms with van der Waals surface area (Å²) in [4.78, 5) is 1.39. The molecule has 4 heteroatoms. The highest BCUT2D eigenvalue weighted by atomic mass is 127. The predicted octanol–water partition coefficient (Wildman–Crippen LogP) is 8.28. The van der Waals surface area contributed by atoms with Crippen molar-refractivity contribution in [1.29, 1.82) is 0 Å². The molecule has 1 aromatic carbocycles. The van der Waals surface area contributed by atoms with Gasteiger partial charge in [-0.25, -0.2) is 0 Å². The molecule has 1 aliphatic heterocycles. The van der Waals surface area contributed by atoms with E-state index in [2.05, 4.69) is 99.7 Å². The Labute approximate surface area is 185 Å². The van der Waals surface area contributed by atoms with Gasteiger partial charge in [0, 0.05) is 21.9 Å². The molecule has 0 amide bonds. The van der Waals surface area contributed by atoms with Gasteiger partial charge in [0.25, 0.3) is 0 Å². The molecule has 0 aromatic heterocycles. The second kappa shape index (κ2) is 7.69. The first-order chi connectivity index (χ1) is 11.3. The third kappa shape index (κ3) is 4.64. The number of alkyl halides is 2. The quantitative estimate of drug-likeness (QED) is 0.218. The molecule has 1 unspecified atom stereocenters. The molecular formula is C21H32I2OS. The zero-order chi connectivity index (χ0) is 19.2. The van der Waals surface area contributed by atoms with Gasteiger partial charge in [0.15, 0.2) is 0 Å². The molecule has 0 aliphatic carbocycles. The molecule has 0 radical (unpaired) electrons. The Balaban J connectivity index is 2.68. The van der Waals surface area contributed by atoms with Gasteiger partial charge >= 0.3 is 0 Å². The zero-order valence-corrected chi connectivity index (χ0v) is 21.7. The highest BCUT2D eigenvalue weighted by molar-refractivity contribution is 14.2. The summed E-state index contributed by atoms with van der Waals surface area (Å²) in [6, 6.07) is 2.27. The van der Waals surface area contributed by atoms with E-state index in [1.807, 2.05) is 11.8 Å². The van der Waals surface area contributed by atoms with Crippen LogP contribution < -0.4 is 0 Å². The summed E-state index contributed by atoms with van der Waals surface area (Å²) in [7, 11) is 0. The number of hydrogen-bond donors (Lipinski definition) is 1. The highest BCUT2D eigenvalue weighted by Gasteiger charge is 2.47. The summed E-state index contributed by atoms with van der Waals surface area (Å²) in [5.41, 5.74) is 3.56. The summed E-state index contributed by atoms with van der Waals surface area (Å²) in [6.45, 7) is 15.6. The van der Waals surface area contributed by atoms with Crippen LogP contribution in [0.2, 0.25) is 0 Å². The van der Waals surface area contributed by atoms with Crippen LogP contribution in [-0.4, -0.2) is 5.87 Å². The monoisotopic (exact) mass is 586 g/mol. The largest absolute Gasteiger partial charge is 0.507 e. The lowest BCUT2D eigenvalue weighted by Crippen LogP contribution is -2.22. The molecule has 1 aliphatic rings. The van der Waals surface area contributed by atoms with Crippen LogP contribution in [0.25, 0.3) is 0 Å². The first-order valence-electron chi connectivity index (χ1n) is 9.28. The van der Waals surface area contributed by atoms with Gasteiger partial charge in [-0.2, -0.15) is 0 Å². The van der Waals surface area contributed by atoms with Gasteiger partial charge in [-0.05, 0) is 28.9 Å². The van der Waals surface area contributed by atoms with Gasteiger partial charge in [0.1, 0.15) is 6.51 Å². The Bertz CT molecular complexity index is 639. The number of phenols is 1. The predicted molar refractivity (Wildman–Crippen MR) is 129 cm³/mol. The second-order valence-corrected chi connectivity index (χ2v) is 17.5. The van der Waals surface area contributed by atoms with Gasteiger partial charge < -0.3 is 5.11 Å². The number of hydrogen-bond acceptors (Lipinski definition) is 2. The second-order valence-electron chi connectivity index (χ2n) is 9.27. The van der Waals surface area contributed by atoms with E-state index in [1.165, 1.54) is 41.7 Å². The molecule has 25 heavy (non-hydrogen) atoms. The van der Waals surface area contributed by atoms with E-state index >= 15 is 0 Å². The summed E-state index contributed by atoms with van der Waals surface area (Å²) >= 11 is 7.26. The molecule has 1 heterocycles. The van der Waals surface area contributed by atoms with E-state index in [0.29, 0.717) is 11.7 Å². The van der Waals surface area contributed by atoms with E-state index in [1.54, 1.807) is 0 Å². The first-order valence-corrected chi connectivity index (χ1v) is 12.3. The van der Waals surface area contributed by atoms with Crippen molar-refractivity contribution in [1.82, 2.24) is 0 Å². The minimum absolute atomic E-state index is 0.0564. The maximum absolute atomic E-state index is 11.3. The van der Waals surface area contributed by atoms with Crippen LogP contribution in [-0.2, 0) is 10.8 Å². The zero-order valence-electron chi connectivity index (χ0n) is 16.6. The van der Waals surface area contributed by atoms with Crippen molar-refractivity contribution in [3.8, 4) is 5.75 Å². The summed E-state index contributed by atoms with van der Waals surface area (Å²) in [5, 5.41) is 11.3.